The highest BCUT2D eigenvalue weighted by Crippen LogP contribution is 2.44. The molecule has 1 atom stereocenters. The number of rotatable bonds is 5. The molecule has 0 saturated carbocycles. The van der Waals surface area contributed by atoms with Crippen molar-refractivity contribution < 1.29 is 31.1 Å². The summed E-state index contributed by atoms with van der Waals surface area (Å²) in [5.74, 6) is 0.242. The van der Waals surface area contributed by atoms with Gasteiger partial charge in [0.1, 0.15) is 17.9 Å². The Morgan fingerprint density at radius 2 is 1.78 bits per heavy atom. The van der Waals surface area contributed by atoms with Crippen LogP contribution in [0.3, 0.4) is 0 Å². The predicted molar refractivity (Wildman–Crippen MR) is 126 cm³/mol. The molecule has 36 heavy (non-hydrogen) atoms. The molecule has 0 bridgehead atoms. The van der Waals surface area contributed by atoms with Crippen LogP contribution in [0.4, 0.5) is 24.7 Å². The minimum Gasteiger partial charge on any atom is -0.493 e. The van der Waals surface area contributed by atoms with Crippen molar-refractivity contribution in [3.8, 4) is 5.75 Å². The van der Waals surface area contributed by atoms with E-state index in [1.807, 2.05) is 4.90 Å². The van der Waals surface area contributed by atoms with Crippen molar-refractivity contribution in [1.29, 1.82) is 0 Å². The molecule has 3 heterocycles. The number of sulfonamides is 1. The zero-order chi connectivity index (χ0) is 25.3. The van der Waals surface area contributed by atoms with Gasteiger partial charge in [0.15, 0.2) is 0 Å². The number of fused-ring (bicyclic) bond motifs is 1. The Morgan fingerprint density at radius 1 is 1.00 bits per heavy atom. The van der Waals surface area contributed by atoms with E-state index >= 15 is 0 Å². The third kappa shape index (κ3) is 4.96. The topological polar surface area (TPSA) is 93.7 Å². The van der Waals surface area contributed by atoms with Crippen LogP contribution in [0.15, 0.2) is 59.9 Å². The maximum absolute atomic E-state index is 13.5. The first-order valence-electron chi connectivity index (χ1n) is 11.3. The van der Waals surface area contributed by atoms with Crippen LogP contribution in [0.1, 0.15) is 29.0 Å². The van der Waals surface area contributed by atoms with E-state index in [4.69, 9.17) is 9.47 Å². The second kappa shape index (κ2) is 9.58. The quantitative estimate of drug-likeness (QED) is 0.543. The number of benzene rings is 2. The first-order valence-corrected chi connectivity index (χ1v) is 12.8. The molecule has 2 aliphatic rings. The average molecular weight is 521 g/mol. The number of alkyl halides is 3. The summed E-state index contributed by atoms with van der Waals surface area (Å²) in [6, 6.07) is 9.80. The summed E-state index contributed by atoms with van der Waals surface area (Å²) in [4.78, 5) is 9.54. The second-order valence-electron chi connectivity index (χ2n) is 8.46. The molecule has 1 aromatic heterocycles. The number of ether oxygens (including phenoxy) is 2. The molecule has 1 unspecified atom stereocenters. The average Bonchev–Trinajstić information content (AvgIpc) is 2.88. The zero-order valence-electron chi connectivity index (χ0n) is 19.0. The summed E-state index contributed by atoms with van der Waals surface area (Å²) in [6.07, 6.45) is -1.27. The Labute approximate surface area is 206 Å². The summed E-state index contributed by atoms with van der Waals surface area (Å²) in [6.45, 7) is 2.12. The molecular weight excluding hydrogens is 497 g/mol. The van der Waals surface area contributed by atoms with E-state index in [-0.39, 0.29) is 16.6 Å². The van der Waals surface area contributed by atoms with Crippen LogP contribution in [0.2, 0.25) is 0 Å². The first kappa shape index (κ1) is 24.3. The van der Waals surface area contributed by atoms with Crippen LogP contribution in [0.25, 0.3) is 0 Å². The molecular formula is C24H23F3N4O4S. The number of nitrogens with one attached hydrogen (secondary N) is 1. The predicted octanol–water partition coefficient (Wildman–Crippen LogP) is 4.05. The van der Waals surface area contributed by atoms with Gasteiger partial charge in [0.25, 0.3) is 10.0 Å². The fourth-order valence-corrected chi connectivity index (χ4v) is 5.52. The molecule has 8 nitrogen and oxygen atoms in total. The van der Waals surface area contributed by atoms with Crippen molar-refractivity contribution in [1.82, 2.24) is 9.97 Å². The van der Waals surface area contributed by atoms with Crippen LogP contribution >= 0.6 is 0 Å². The SMILES string of the molecule is O=S(=O)(Nc1ccncn1)c1ccc2c(c1)OCCC2c1ccc(C(F)(F)F)cc1N1CCOCC1. The smallest absolute Gasteiger partial charge is 0.416 e. The molecule has 0 amide bonds. The molecule has 190 valence electrons. The number of halogens is 3. The second-order valence-corrected chi connectivity index (χ2v) is 10.1. The van der Waals surface area contributed by atoms with E-state index in [2.05, 4.69) is 14.7 Å². The normalized spacial score (nSPS) is 18.3. The molecule has 0 radical (unpaired) electrons. The van der Waals surface area contributed by atoms with E-state index in [1.54, 1.807) is 6.07 Å². The van der Waals surface area contributed by atoms with Gasteiger partial charge in [-0.1, -0.05) is 12.1 Å². The van der Waals surface area contributed by atoms with Crippen LogP contribution in [0.5, 0.6) is 5.75 Å². The zero-order valence-corrected chi connectivity index (χ0v) is 19.8. The summed E-state index contributed by atoms with van der Waals surface area (Å²) >= 11 is 0. The van der Waals surface area contributed by atoms with Crippen molar-refractivity contribution in [2.24, 2.45) is 0 Å². The Morgan fingerprint density at radius 3 is 2.50 bits per heavy atom. The Hall–Kier alpha value is -3.38. The number of hydrogen-bond donors (Lipinski definition) is 1. The number of aromatic nitrogens is 2. The van der Waals surface area contributed by atoms with E-state index in [0.29, 0.717) is 50.8 Å². The molecule has 0 spiro atoms. The fraction of sp³-hybridized carbons (Fsp3) is 0.333. The van der Waals surface area contributed by atoms with Crippen molar-refractivity contribution >= 4 is 21.5 Å². The number of morpholine rings is 1. The van der Waals surface area contributed by atoms with Gasteiger partial charge in [-0.15, -0.1) is 0 Å². The first-order chi connectivity index (χ1) is 17.2. The van der Waals surface area contributed by atoms with E-state index < -0.39 is 21.8 Å². The molecule has 1 N–H and O–H groups in total. The van der Waals surface area contributed by atoms with Gasteiger partial charge in [-0.2, -0.15) is 13.2 Å². The van der Waals surface area contributed by atoms with Gasteiger partial charge in [-0.05, 0) is 36.2 Å². The summed E-state index contributed by atoms with van der Waals surface area (Å²) in [7, 11) is -3.94. The van der Waals surface area contributed by atoms with Crippen molar-refractivity contribution in [3.63, 3.8) is 0 Å². The minimum atomic E-state index is -4.47. The third-order valence-electron chi connectivity index (χ3n) is 6.24. The van der Waals surface area contributed by atoms with Crippen LogP contribution in [-0.2, 0) is 20.9 Å². The lowest BCUT2D eigenvalue weighted by Crippen LogP contribution is -2.37. The Balaban J connectivity index is 1.51. The lowest BCUT2D eigenvalue weighted by molar-refractivity contribution is -0.137. The summed E-state index contributed by atoms with van der Waals surface area (Å²) in [5, 5.41) is 0. The van der Waals surface area contributed by atoms with Gasteiger partial charge in [0.2, 0.25) is 0 Å². The van der Waals surface area contributed by atoms with Gasteiger partial charge in [-0.3, -0.25) is 4.72 Å². The lowest BCUT2D eigenvalue weighted by atomic mass is 9.85. The van der Waals surface area contributed by atoms with E-state index in [0.717, 1.165) is 17.2 Å². The molecule has 2 aliphatic heterocycles. The number of nitrogens with zero attached hydrogens (tertiary/aromatic N) is 3. The Bertz CT molecular complexity index is 1350. The molecule has 12 heteroatoms. The highest BCUT2D eigenvalue weighted by atomic mass is 32.2. The molecule has 1 fully saturated rings. The number of hydrogen-bond acceptors (Lipinski definition) is 7. The monoisotopic (exact) mass is 520 g/mol. The molecule has 5 rings (SSSR count). The van der Waals surface area contributed by atoms with Gasteiger partial charge >= 0.3 is 6.18 Å². The van der Waals surface area contributed by atoms with E-state index in [1.165, 1.54) is 42.9 Å². The van der Waals surface area contributed by atoms with Crippen LogP contribution in [0, 0.1) is 0 Å². The largest absolute Gasteiger partial charge is 0.493 e. The van der Waals surface area contributed by atoms with Crippen molar-refractivity contribution in [2.75, 3.05) is 42.5 Å². The maximum Gasteiger partial charge on any atom is 0.416 e. The van der Waals surface area contributed by atoms with Crippen molar-refractivity contribution in [2.45, 2.75) is 23.4 Å². The highest BCUT2D eigenvalue weighted by molar-refractivity contribution is 7.92. The van der Waals surface area contributed by atoms with Gasteiger partial charge in [0.05, 0.1) is 30.3 Å². The molecule has 0 aliphatic carbocycles. The maximum atomic E-state index is 13.5. The molecule has 2 aromatic carbocycles. The molecule has 1 saturated heterocycles. The summed E-state index contributed by atoms with van der Waals surface area (Å²) in [5.41, 5.74) is 1.26. The van der Waals surface area contributed by atoms with Crippen molar-refractivity contribution in [3.05, 3.63) is 71.7 Å². The fourth-order valence-electron chi connectivity index (χ4n) is 4.50. The molecule has 3 aromatic rings. The number of anilines is 2. The van der Waals surface area contributed by atoms with Crippen LogP contribution < -0.4 is 14.4 Å². The third-order valence-corrected chi connectivity index (χ3v) is 7.59. The standard InChI is InChI=1S/C24H23F3N4O4S/c25-24(26,27)16-1-3-19(21(13-16)31-8-11-34-12-9-31)18-6-10-35-22-14-17(2-4-20(18)22)36(32,33)30-23-5-7-28-15-29-23/h1-5,7,13-15,18H,6,8-12H2,(H,28,29,30). The van der Waals surface area contributed by atoms with E-state index in [9.17, 15) is 21.6 Å². The Kier molecular flexibility index (Phi) is 6.47. The van der Waals surface area contributed by atoms with Gasteiger partial charge < -0.3 is 14.4 Å². The van der Waals surface area contributed by atoms with Crippen LogP contribution in [-0.4, -0.2) is 51.3 Å². The lowest BCUT2D eigenvalue weighted by Gasteiger charge is -2.34. The summed E-state index contributed by atoms with van der Waals surface area (Å²) < 4.78 is 79.9. The van der Waals surface area contributed by atoms with Gasteiger partial charge in [-0.25, -0.2) is 18.4 Å². The minimum absolute atomic E-state index is 0.0127. The van der Waals surface area contributed by atoms with Gasteiger partial charge in [0, 0.05) is 42.5 Å². The highest BCUT2D eigenvalue weighted by Gasteiger charge is 2.34.